The van der Waals surface area contributed by atoms with Crippen LogP contribution in [0.5, 0.6) is 0 Å². The van der Waals surface area contributed by atoms with Gasteiger partial charge in [-0.05, 0) is 31.9 Å². The Bertz CT molecular complexity index is 522. The fraction of sp³-hybridized carbons (Fsp3) is 0.611. The van der Waals surface area contributed by atoms with Gasteiger partial charge in [0.05, 0.1) is 31.4 Å². The number of aliphatic hydroxyl groups is 1. The SMILES string of the molecule is CC1COC(CO)CN1C(=O)C1CCCN1Cc1ccccc1. The van der Waals surface area contributed by atoms with Crippen molar-refractivity contribution in [3.05, 3.63) is 35.9 Å². The second-order valence-corrected chi connectivity index (χ2v) is 6.59. The van der Waals surface area contributed by atoms with Crippen LogP contribution in [0.1, 0.15) is 25.3 Å². The number of morpholine rings is 1. The molecule has 3 unspecified atom stereocenters. The molecule has 0 radical (unpaired) electrons. The number of nitrogens with zero attached hydrogens (tertiary/aromatic N) is 2. The molecule has 2 aliphatic heterocycles. The lowest BCUT2D eigenvalue weighted by atomic mass is 10.1. The second kappa shape index (κ2) is 7.43. The molecule has 1 aromatic rings. The summed E-state index contributed by atoms with van der Waals surface area (Å²) < 4.78 is 5.55. The molecule has 3 atom stereocenters. The highest BCUT2D eigenvalue weighted by atomic mass is 16.5. The molecular weight excluding hydrogens is 292 g/mol. The molecule has 3 rings (SSSR count). The Hall–Kier alpha value is -1.43. The van der Waals surface area contributed by atoms with Gasteiger partial charge in [0, 0.05) is 13.1 Å². The highest BCUT2D eigenvalue weighted by Gasteiger charge is 2.37. The first kappa shape index (κ1) is 16.4. The predicted octanol–water partition coefficient (Wildman–Crippen LogP) is 1.26. The maximum Gasteiger partial charge on any atom is 0.240 e. The largest absolute Gasteiger partial charge is 0.394 e. The maximum absolute atomic E-state index is 13.0. The fourth-order valence-electron chi connectivity index (χ4n) is 3.54. The minimum Gasteiger partial charge on any atom is -0.394 e. The first-order valence-corrected chi connectivity index (χ1v) is 8.50. The van der Waals surface area contributed by atoms with Gasteiger partial charge in [0.25, 0.3) is 0 Å². The molecule has 1 amide bonds. The quantitative estimate of drug-likeness (QED) is 0.908. The van der Waals surface area contributed by atoms with Crippen molar-refractivity contribution < 1.29 is 14.6 Å². The second-order valence-electron chi connectivity index (χ2n) is 6.59. The molecule has 0 spiro atoms. The number of amides is 1. The summed E-state index contributed by atoms with van der Waals surface area (Å²) in [5, 5.41) is 9.32. The lowest BCUT2D eigenvalue weighted by molar-refractivity contribution is -0.151. The van der Waals surface area contributed by atoms with Crippen LogP contribution in [-0.2, 0) is 16.1 Å². The molecular formula is C18H26N2O3. The smallest absolute Gasteiger partial charge is 0.240 e. The van der Waals surface area contributed by atoms with Crippen LogP contribution < -0.4 is 0 Å². The molecule has 0 bridgehead atoms. The van der Waals surface area contributed by atoms with Crippen LogP contribution in [-0.4, -0.2) is 65.3 Å². The standard InChI is InChI=1S/C18H26N2O3/c1-14-13-23-16(12-21)11-20(14)18(22)17-8-5-9-19(17)10-15-6-3-2-4-7-15/h2-4,6-7,14,16-17,21H,5,8-13H2,1H3. The summed E-state index contributed by atoms with van der Waals surface area (Å²) in [5.41, 5.74) is 1.25. The van der Waals surface area contributed by atoms with Crippen LogP contribution in [0.3, 0.4) is 0 Å². The van der Waals surface area contributed by atoms with Gasteiger partial charge in [0.1, 0.15) is 0 Å². The van der Waals surface area contributed by atoms with Crippen molar-refractivity contribution in [1.29, 1.82) is 0 Å². The lowest BCUT2D eigenvalue weighted by Crippen LogP contribution is -2.56. The summed E-state index contributed by atoms with van der Waals surface area (Å²) >= 11 is 0. The fourth-order valence-corrected chi connectivity index (χ4v) is 3.54. The van der Waals surface area contributed by atoms with E-state index >= 15 is 0 Å². The Morgan fingerprint density at radius 1 is 1.35 bits per heavy atom. The molecule has 1 aromatic carbocycles. The summed E-state index contributed by atoms with van der Waals surface area (Å²) in [7, 11) is 0. The Morgan fingerprint density at radius 2 is 2.13 bits per heavy atom. The summed E-state index contributed by atoms with van der Waals surface area (Å²) in [6, 6.07) is 10.3. The van der Waals surface area contributed by atoms with Gasteiger partial charge in [-0.1, -0.05) is 30.3 Å². The molecule has 1 N–H and O–H groups in total. The van der Waals surface area contributed by atoms with Crippen molar-refractivity contribution >= 4 is 5.91 Å². The van der Waals surface area contributed by atoms with Gasteiger partial charge in [-0.15, -0.1) is 0 Å². The highest BCUT2D eigenvalue weighted by Crippen LogP contribution is 2.24. The third-order valence-corrected chi connectivity index (χ3v) is 4.87. The summed E-state index contributed by atoms with van der Waals surface area (Å²) in [6.07, 6.45) is 1.73. The van der Waals surface area contributed by atoms with E-state index in [1.807, 2.05) is 30.0 Å². The van der Waals surface area contributed by atoms with E-state index in [2.05, 4.69) is 17.0 Å². The van der Waals surface area contributed by atoms with E-state index in [-0.39, 0.29) is 30.7 Å². The molecule has 5 nitrogen and oxygen atoms in total. The number of hydrogen-bond acceptors (Lipinski definition) is 4. The van der Waals surface area contributed by atoms with Crippen LogP contribution in [0.4, 0.5) is 0 Å². The number of benzene rings is 1. The molecule has 2 aliphatic rings. The number of hydrogen-bond donors (Lipinski definition) is 1. The van der Waals surface area contributed by atoms with Gasteiger partial charge < -0.3 is 14.7 Å². The van der Waals surface area contributed by atoms with Crippen molar-refractivity contribution in [2.45, 2.75) is 44.5 Å². The average Bonchev–Trinajstić information content (AvgIpc) is 3.04. The minimum absolute atomic E-state index is 0.0328. The Balaban J connectivity index is 1.67. The van der Waals surface area contributed by atoms with Crippen LogP contribution in [0.15, 0.2) is 30.3 Å². The average molecular weight is 318 g/mol. The Morgan fingerprint density at radius 3 is 2.87 bits per heavy atom. The number of aliphatic hydroxyl groups excluding tert-OH is 1. The Labute approximate surface area is 137 Å². The summed E-state index contributed by atoms with van der Waals surface area (Å²) in [4.78, 5) is 17.2. The molecule has 0 aliphatic carbocycles. The molecule has 5 heteroatoms. The van der Waals surface area contributed by atoms with Crippen LogP contribution in [0, 0.1) is 0 Å². The third-order valence-electron chi connectivity index (χ3n) is 4.87. The van der Waals surface area contributed by atoms with E-state index in [0.29, 0.717) is 13.2 Å². The van der Waals surface area contributed by atoms with E-state index in [0.717, 1.165) is 25.9 Å². The molecule has 2 saturated heterocycles. The zero-order chi connectivity index (χ0) is 16.2. The van der Waals surface area contributed by atoms with Gasteiger partial charge in [-0.25, -0.2) is 0 Å². The first-order valence-electron chi connectivity index (χ1n) is 8.50. The zero-order valence-electron chi connectivity index (χ0n) is 13.7. The number of carbonyl (C=O) groups excluding carboxylic acids is 1. The zero-order valence-corrected chi connectivity index (χ0v) is 13.7. The number of likely N-dealkylation sites (tertiary alicyclic amines) is 1. The molecule has 2 fully saturated rings. The predicted molar refractivity (Wildman–Crippen MR) is 87.9 cm³/mol. The van der Waals surface area contributed by atoms with Crippen molar-refractivity contribution in [1.82, 2.24) is 9.80 Å². The minimum atomic E-state index is -0.251. The normalized spacial score (nSPS) is 29.0. The monoisotopic (exact) mass is 318 g/mol. The van der Waals surface area contributed by atoms with Crippen molar-refractivity contribution in [3.8, 4) is 0 Å². The van der Waals surface area contributed by atoms with E-state index in [9.17, 15) is 9.90 Å². The number of ether oxygens (including phenoxy) is 1. The molecule has 23 heavy (non-hydrogen) atoms. The van der Waals surface area contributed by atoms with Crippen LogP contribution in [0.25, 0.3) is 0 Å². The molecule has 126 valence electrons. The van der Waals surface area contributed by atoms with Gasteiger partial charge in [0.2, 0.25) is 5.91 Å². The summed E-state index contributed by atoms with van der Waals surface area (Å²) in [6.45, 7) is 4.76. The van der Waals surface area contributed by atoms with Gasteiger partial charge >= 0.3 is 0 Å². The van der Waals surface area contributed by atoms with Gasteiger partial charge in [0.15, 0.2) is 0 Å². The van der Waals surface area contributed by atoms with E-state index in [1.54, 1.807) is 0 Å². The van der Waals surface area contributed by atoms with Crippen LogP contribution in [0.2, 0.25) is 0 Å². The van der Waals surface area contributed by atoms with Gasteiger partial charge in [-0.3, -0.25) is 9.69 Å². The van der Waals surface area contributed by atoms with Crippen molar-refractivity contribution in [3.63, 3.8) is 0 Å². The number of rotatable bonds is 4. The van der Waals surface area contributed by atoms with Crippen LogP contribution >= 0.6 is 0 Å². The first-order chi connectivity index (χ1) is 11.2. The number of carbonyl (C=O) groups is 1. The van der Waals surface area contributed by atoms with Crippen molar-refractivity contribution in [2.24, 2.45) is 0 Å². The molecule has 0 aromatic heterocycles. The third kappa shape index (κ3) is 3.74. The lowest BCUT2D eigenvalue weighted by Gasteiger charge is -2.40. The molecule has 0 saturated carbocycles. The summed E-state index contributed by atoms with van der Waals surface area (Å²) in [5.74, 6) is 0.188. The van der Waals surface area contributed by atoms with E-state index < -0.39 is 0 Å². The van der Waals surface area contributed by atoms with Crippen molar-refractivity contribution in [2.75, 3.05) is 26.3 Å². The maximum atomic E-state index is 13.0. The van der Waals surface area contributed by atoms with E-state index in [1.165, 1.54) is 5.56 Å². The molecule has 2 heterocycles. The Kier molecular flexibility index (Phi) is 5.30. The van der Waals surface area contributed by atoms with E-state index in [4.69, 9.17) is 4.74 Å². The highest BCUT2D eigenvalue weighted by molar-refractivity contribution is 5.82. The van der Waals surface area contributed by atoms with Gasteiger partial charge in [-0.2, -0.15) is 0 Å². The topological polar surface area (TPSA) is 53.0 Å².